The Balaban J connectivity index is 1.55. The average Bonchev–Trinajstić information content (AvgIpc) is 2.87. The number of aryl methyl sites for hydroxylation is 1. The van der Waals surface area contributed by atoms with Crippen LogP contribution in [0.2, 0.25) is 0 Å². The summed E-state index contributed by atoms with van der Waals surface area (Å²) in [6.45, 7) is 4.24. The van der Waals surface area contributed by atoms with Gasteiger partial charge in [-0.3, -0.25) is 9.59 Å². The van der Waals surface area contributed by atoms with Crippen molar-refractivity contribution in [2.45, 2.75) is 20.5 Å². The third-order valence-electron chi connectivity index (χ3n) is 4.99. The van der Waals surface area contributed by atoms with Crippen LogP contribution in [0.5, 0.6) is 17.2 Å². The lowest BCUT2D eigenvalue weighted by Crippen LogP contribution is -2.33. The number of rotatable bonds is 8. The van der Waals surface area contributed by atoms with Crippen molar-refractivity contribution in [3.63, 3.8) is 0 Å². The van der Waals surface area contributed by atoms with Crippen LogP contribution in [0.1, 0.15) is 23.6 Å². The number of benzene rings is 3. The van der Waals surface area contributed by atoms with Gasteiger partial charge in [0.1, 0.15) is 23.9 Å². The van der Waals surface area contributed by atoms with Crippen LogP contribution >= 0.6 is 0 Å². The quantitative estimate of drug-likeness (QED) is 0.299. The first-order chi connectivity index (χ1) is 16.4. The highest BCUT2D eigenvalue weighted by Gasteiger charge is 2.16. The third kappa shape index (κ3) is 6.59. The van der Waals surface area contributed by atoms with E-state index in [1.807, 2.05) is 55.5 Å². The maximum atomic E-state index is 12.2. The molecule has 0 radical (unpaired) electrons. The molecule has 0 saturated heterocycles. The normalized spacial score (nSPS) is 10.9. The summed E-state index contributed by atoms with van der Waals surface area (Å²) in [7, 11) is 2.98. The monoisotopic (exact) mass is 461 g/mol. The predicted octanol–water partition coefficient (Wildman–Crippen LogP) is 4.07. The Morgan fingerprint density at radius 3 is 2.18 bits per heavy atom. The van der Waals surface area contributed by atoms with Crippen molar-refractivity contribution in [2.75, 3.05) is 19.5 Å². The van der Waals surface area contributed by atoms with Gasteiger partial charge in [-0.1, -0.05) is 29.8 Å². The summed E-state index contributed by atoms with van der Waals surface area (Å²) in [5.74, 6) is -0.139. The van der Waals surface area contributed by atoms with Crippen molar-refractivity contribution in [1.29, 1.82) is 0 Å². The van der Waals surface area contributed by atoms with Gasteiger partial charge in [-0.25, -0.2) is 5.43 Å². The van der Waals surface area contributed by atoms with E-state index in [0.717, 1.165) is 11.1 Å². The Labute approximate surface area is 198 Å². The lowest BCUT2D eigenvalue weighted by atomic mass is 10.1. The molecular weight excluding hydrogens is 434 g/mol. The Kier molecular flexibility index (Phi) is 8.23. The van der Waals surface area contributed by atoms with Gasteiger partial charge >= 0.3 is 11.8 Å². The summed E-state index contributed by atoms with van der Waals surface area (Å²) in [5.41, 5.74) is 6.20. The van der Waals surface area contributed by atoms with Gasteiger partial charge in [-0.2, -0.15) is 5.10 Å². The second-order valence-corrected chi connectivity index (χ2v) is 7.46. The zero-order chi connectivity index (χ0) is 24.5. The molecule has 0 aliphatic heterocycles. The largest absolute Gasteiger partial charge is 0.497 e. The zero-order valence-corrected chi connectivity index (χ0v) is 19.5. The van der Waals surface area contributed by atoms with Crippen LogP contribution in [0.25, 0.3) is 0 Å². The number of methoxy groups -OCH3 is 2. The molecule has 8 nitrogen and oxygen atoms in total. The fourth-order valence-electron chi connectivity index (χ4n) is 2.97. The van der Waals surface area contributed by atoms with Gasteiger partial charge < -0.3 is 19.5 Å². The average molecular weight is 462 g/mol. The molecule has 8 heteroatoms. The number of hydrogen-bond donors (Lipinski definition) is 2. The van der Waals surface area contributed by atoms with Gasteiger partial charge in [0.15, 0.2) is 0 Å². The van der Waals surface area contributed by atoms with Crippen LogP contribution in [-0.4, -0.2) is 31.7 Å². The number of ether oxygens (including phenoxy) is 3. The van der Waals surface area contributed by atoms with Crippen LogP contribution in [-0.2, 0) is 16.2 Å². The van der Waals surface area contributed by atoms with E-state index in [-0.39, 0.29) is 0 Å². The highest BCUT2D eigenvalue weighted by molar-refractivity contribution is 6.39. The molecule has 0 unspecified atom stereocenters. The van der Waals surface area contributed by atoms with Crippen molar-refractivity contribution in [3.8, 4) is 17.2 Å². The molecule has 0 heterocycles. The number of hydrogen-bond acceptors (Lipinski definition) is 6. The summed E-state index contributed by atoms with van der Waals surface area (Å²) in [6.07, 6.45) is 0. The van der Waals surface area contributed by atoms with Gasteiger partial charge in [0.25, 0.3) is 0 Å². The summed E-state index contributed by atoms with van der Waals surface area (Å²) in [6, 6.07) is 20.3. The van der Waals surface area contributed by atoms with Crippen molar-refractivity contribution < 1.29 is 23.8 Å². The fraction of sp³-hybridized carbons (Fsp3) is 0.192. The lowest BCUT2D eigenvalue weighted by Gasteiger charge is -2.11. The minimum atomic E-state index is -0.907. The second kappa shape index (κ2) is 11.5. The molecule has 2 N–H and O–H groups in total. The summed E-state index contributed by atoms with van der Waals surface area (Å²) in [4.78, 5) is 24.4. The molecule has 0 bridgehead atoms. The van der Waals surface area contributed by atoms with E-state index in [1.54, 1.807) is 25.1 Å². The van der Waals surface area contributed by atoms with E-state index in [0.29, 0.717) is 35.3 Å². The van der Waals surface area contributed by atoms with Gasteiger partial charge in [-0.05, 0) is 61.4 Å². The van der Waals surface area contributed by atoms with Crippen molar-refractivity contribution in [2.24, 2.45) is 5.10 Å². The van der Waals surface area contributed by atoms with Crippen molar-refractivity contribution >= 4 is 23.2 Å². The number of anilines is 1. The van der Waals surface area contributed by atoms with Gasteiger partial charge in [0.05, 0.1) is 25.6 Å². The summed E-state index contributed by atoms with van der Waals surface area (Å²) >= 11 is 0. The second-order valence-electron chi connectivity index (χ2n) is 7.46. The molecule has 176 valence electrons. The predicted molar refractivity (Wildman–Crippen MR) is 130 cm³/mol. The molecule has 3 aromatic carbocycles. The number of carbonyl (C=O) groups is 2. The number of carbonyl (C=O) groups excluding carboxylic acids is 2. The molecule has 0 aliphatic rings. The number of nitrogens with one attached hydrogen (secondary N) is 2. The van der Waals surface area contributed by atoms with Gasteiger partial charge in [0, 0.05) is 6.07 Å². The maximum Gasteiger partial charge on any atom is 0.329 e. The first-order valence-corrected chi connectivity index (χ1v) is 10.6. The minimum absolute atomic E-state index is 0.338. The zero-order valence-electron chi connectivity index (χ0n) is 19.5. The SMILES string of the molecule is COc1ccc(NC(=O)C(=O)N/N=C(\C)c2ccc(OCc3ccc(C)cc3)cc2)c(OC)c1. The lowest BCUT2D eigenvalue weighted by molar-refractivity contribution is -0.136. The minimum Gasteiger partial charge on any atom is -0.497 e. The third-order valence-corrected chi connectivity index (χ3v) is 4.99. The Bertz CT molecular complexity index is 1170. The van der Waals surface area contributed by atoms with Crippen molar-refractivity contribution in [1.82, 2.24) is 5.43 Å². The molecule has 0 spiro atoms. The molecule has 3 rings (SSSR count). The van der Waals surface area contributed by atoms with E-state index in [2.05, 4.69) is 15.8 Å². The molecule has 2 amide bonds. The van der Waals surface area contributed by atoms with Gasteiger partial charge in [0.2, 0.25) is 0 Å². The highest BCUT2D eigenvalue weighted by atomic mass is 16.5. The molecule has 0 aromatic heterocycles. The maximum absolute atomic E-state index is 12.2. The molecular formula is C26H27N3O5. The Morgan fingerprint density at radius 2 is 1.53 bits per heavy atom. The van der Waals surface area contributed by atoms with E-state index >= 15 is 0 Å². The van der Waals surface area contributed by atoms with E-state index < -0.39 is 11.8 Å². The van der Waals surface area contributed by atoms with Crippen LogP contribution in [0.4, 0.5) is 5.69 Å². The smallest absolute Gasteiger partial charge is 0.329 e. The topological polar surface area (TPSA) is 98.2 Å². The van der Waals surface area contributed by atoms with Crippen LogP contribution in [0, 0.1) is 6.92 Å². The molecule has 0 aliphatic carbocycles. The number of amides is 2. The first-order valence-electron chi connectivity index (χ1n) is 10.6. The van der Waals surface area contributed by atoms with Crippen LogP contribution in [0.3, 0.4) is 0 Å². The van der Waals surface area contributed by atoms with Crippen LogP contribution < -0.4 is 25.0 Å². The molecule has 0 saturated carbocycles. The summed E-state index contributed by atoms with van der Waals surface area (Å²) < 4.78 is 16.1. The van der Waals surface area contributed by atoms with Crippen LogP contribution in [0.15, 0.2) is 71.8 Å². The first kappa shape index (κ1) is 24.3. The van der Waals surface area contributed by atoms with Gasteiger partial charge in [-0.15, -0.1) is 0 Å². The van der Waals surface area contributed by atoms with Crippen molar-refractivity contribution in [3.05, 3.63) is 83.4 Å². The molecule has 0 fully saturated rings. The number of nitrogens with zero attached hydrogens (tertiary/aromatic N) is 1. The Hall–Kier alpha value is -4.33. The molecule has 34 heavy (non-hydrogen) atoms. The summed E-state index contributed by atoms with van der Waals surface area (Å²) in [5, 5.41) is 6.52. The molecule has 3 aromatic rings. The highest BCUT2D eigenvalue weighted by Crippen LogP contribution is 2.28. The van der Waals surface area contributed by atoms with E-state index in [9.17, 15) is 9.59 Å². The van der Waals surface area contributed by atoms with E-state index in [4.69, 9.17) is 14.2 Å². The number of hydrazone groups is 1. The Morgan fingerprint density at radius 1 is 0.853 bits per heavy atom. The fourth-order valence-corrected chi connectivity index (χ4v) is 2.97. The standard InChI is InChI=1S/C26H27N3O5/c1-17-5-7-19(8-6-17)16-34-21-11-9-20(10-12-21)18(2)28-29-26(31)25(30)27-23-14-13-22(32-3)15-24(23)33-4/h5-15H,16H2,1-4H3,(H,27,30)(H,29,31)/b28-18+. The van der Waals surface area contributed by atoms with E-state index in [1.165, 1.54) is 19.8 Å². The molecule has 0 atom stereocenters.